The number of likely N-dealkylation sites (N-methyl/N-ethyl adjacent to an activating group) is 1. The lowest BCUT2D eigenvalue weighted by molar-refractivity contribution is -0.139. The molecular formula is C15H23ClN2O2. The van der Waals surface area contributed by atoms with Crippen molar-refractivity contribution in [2.75, 3.05) is 26.8 Å². The van der Waals surface area contributed by atoms with E-state index in [0.29, 0.717) is 32.6 Å². The number of amides is 1. The maximum atomic E-state index is 12.4. The van der Waals surface area contributed by atoms with Crippen molar-refractivity contribution in [3.63, 3.8) is 0 Å². The van der Waals surface area contributed by atoms with Crippen LogP contribution in [-0.2, 0) is 16.0 Å². The number of halogens is 1. The first-order chi connectivity index (χ1) is 9.12. The van der Waals surface area contributed by atoms with E-state index in [9.17, 15) is 4.79 Å². The molecular weight excluding hydrogens is 276 g/mol. The van der Waals surface area contributed by atoms with Crippen LogP contribution in [0.25, 0.3) is 0 Å². The second-order valence-electron chi connectivity index (χ2n) is 5.23. The number of nitrogens with two attached hydrogens (primary N) is 1. The van der Waals surface area contributed by atoms with Crippen molar-refractivity contribution in [2.45, 2.75) is 24.8 Å². The van der Waals surface area contributed by atoms with Crippen LogP contribution >= 0.6 is 12.4 Å². The summed E-state index contributed by atoms with van der Waals surface area (Å²) in [6.45, 7) is 1.85. The highest BCUT2D eigenvalue weighted by Gasteiger charge is 2.37. The monoisotopic (exact) mass is 298 g/mol. The average Bonchev–Trinajstić information content (AvgIpc) is 2.46. The summed E-state index contributed by atoms with van der Waals surface area (Å²) in [5, 5.41) is 0. The molecule has 1 aliphatic rings. The number of nitrogens with zero attached hydrogens (tertiary/aromatic N) is 1. The van der Waals surface area contributed by atoms with Crippen molar-refractivity contribution in [3.05, 3.63) is 35.9 Å². The molecule has 1 heterocycles. The molecule has 20 heavy (non-hydrogen) atoms. The van der Waals surface area contributed by atoms with E-state index in [1.165, 1.54) is 5.56 Å². The molecule has 112 valence electrons. The van der Waals surface area contributed by atoms with Gasteiger partial charge in [0.2, 0.25) is 5.91 Å². The molecule has 0 aromatic heterocycles. The van der Waals surface area contributed by atoms with Crippen molar-refractivity contribution in [1.29, 1.82) is 0 Å². The first-order valence-corrected chi connectivity index (χ1v) is 6.78. The van der Waals surface area contributed by atoms with Crippen molar-refractivity contribution >= 4 is 18.3 Å². The third kappa shape index (κ3) is 4.20. The molecule has 0 bridgehead atoms. The first kappa shape index (κ1) is 17.0. The minimum Gasteiger partial charge on any atom is -0.381 e. The van der Waals surface area contributed by atoms with Crippen LogP contribution in [0.3, 0.4) is 0 Å². The second kappa shape index (κ2) is 7.62. The third-order valence-electron chi connectivity index (χ3n) is 3.74. The minimum atomic E-state index is -0.732. The maximum Gasteiger partial charge on any atom is 0.242 e. The van der Waals surface area contributed by atoms with Crippen LogP contribution in [0.5, 0.6) is 0 Å². The summed E-state index contributed by atoms with van der Waals surface area (Å²) in [7, 11) is 1.83. The second-order valence-corrected chi connectivity index (χ2v) is 5.23. The number of hydrogen-bond acceptors (Lipinski definition) is 3. The zero-order valence-corrected chi connectivity index (χ0v) is 12.7. The van der Waals surface area contributed by atoms with Crippen LogP contribution < -0.4 is 5.73 Å². The Bertz CT molecular complexity index is 419. The molecule has 0 aliphatic carbocycles. The Morgan fingerprint density at radius 3 is 2.50 bits per heavy atom. The Labute approximate surface area is 126 Å². The zero-order chi connectivity index (χ0) is 13.7. The van der Waals surface area contributed by atoms with Crippen LogP contribution in [0, 0.1) is 0 Å². The van der Waals surface area contributed by atoms with E-state index in [2.05, 4.69) is 12.1 Å². The number of ether oxygens (including phenoxy) is 1. The van der Waals surface area contributed by atoms with Gasteiger partial charge in [-0.2, -0.15) is 0 Å². The fourth-order valence-electron chi connectivity index (χ4n) is 2.37. The van der Waals surface area contributed by atoms with Crippen LogP contribution in [0.4, 0.5) is 0 Å². The van der Waals surface area contributed by atoms with E-state index >= 15 is 0 Å². The molecule has 4 nitrogen and oxygen atoms in total. The van der Waals surface area contributed by atoms with Gasteiger partial charge < -0.3 is 15.4 Å². The molecule has 1 saturated heterocycles. The van der Waals surface area contributed by atoms with Gasteiger partial charge >= 0.3 is 0 Å². The summed E-state index contributed by atoms with van der Waals surface area (Å²) in [4.78, 5) is 14.1. The van der Waals surface area contributed by atoms with Crippen LogP contribution in [-0.4, -0.2) is 43.2 Å². The third-order valence-corrected chi connectivity index (χ3v) is 3.74. The lowest BCUT2D eigenvalue weighted by atomic mass is 9.90. The molecule has 1 fully saturated rings. The Hall–Kier alpha value is -1.10. The van der Waals surface area contributed by atoms with E-state index in [1.54, 1.807) is 4.90 Å². The molecule has 0 radical (unpaired) electrons. The molecule has 5 heteroatoms. The normalized spacial score (nSPS) is 17.1. The summed E-state index contributed by atoms with van der Waals surface area (Å²) >= 11 is 0. The van der Waals surface area contributed by atoms with E-state index in [-0.39, 0.29) is 18.3 Å². The van der Waals surface area contributed by atoms with E-state index < -0.39 is 5.54 Å². The van der Waals surface area contributed by atoms with Crippen molar-refractivity contribution in [2.24, 2.45) is 5.73 Å². The fraction of sp³-hybridized carbons (Fsp3) is 0.533. The first-order valence-electron chi connectivity index (χ1n) is 6.78. The molecule has 1 aromatic carbocycles. The summed E-state index contributed by atoms with van der Waals surface area (Å²) in [6, 6.07) is 10.2. The number of rotatable bonds is 4. The van der Waals surface area contributed by atoms with E-state index in [0.717, 1.165) is 6.42 Å². The molecule has 1 aliphatic heterocycles. The van der Waals surface area contributed by atoms with Gasteiger partial charge in [0.25, 0.3) is 0 Å². The SMILES string of the molecule is CN(CCc1ccccc1)C(=O)C1(N)CCOCC1.Cl. The number of carbonyl (C=O) groups excluding carboxylic acids is 1. The lowest BCUT2D eigenvalue weighted by Gasteiger charge is -2.35. The van der Waals surface area contributed by atoms with Gasteiger partial charge in [-0.3, -0.25) is 4.79 Å². The molecule has 1 aromatic rings. The summed E-state index contributed by atoms with van der Waals surface area (Å²) in [5.41, 5.74) is 6.71. The van der Waals surface area contributed by atoms with Gasteiger partial charge in [-0.15, -0.1) is 12.4 Å². The van der Waals surface area contributed by atoms with Crippen molar-refractivity contribution < 1.29 is 9.53 Å². The summed E-state index contributed by atoms with van der Waals surface area (Å²) in [5.74, 6) is 0.0340. The number of carbonyl (C=O) groups is 1. The molecule has 0 spiro atoms. The minimum absolute atomic E-state index is 0. The van der Waals surface area contributed by atoms with Gasteiger partial charge in [0.15, 0.2) is 0 Å². The van der Waals surface area contributed by atoms with Gasteiger partial charge in [-0.25, -0.2) is 0 Å². The smallest absolute Gasteiger partial charge is 0.242 e. The van der Waals surface area contributed by atoms with Gasteiger partial charge in [-0.1, -0.05) is 30.3 Å². The standard InChI is InChI=1S/C15H22N2O2.ClH/c1-17(10-7-13-5-3-2-4-6-13)14(18)15(16)8-11-19-12-9-15;/h2-6H,7-12,16H2,1H3;1H. The van der Waals surface area contributed by atoms with Crippen LogP contribution in [0.1, 0.15) is 18.4 Å². The largest absolute Gasteiger partial charge is 0.381 e. The molecule has 2 rings (SSSR count). The lowest BCUT2D eigenvalue weighted by Crippen LogP contribution is -2.57. The predicted molar refractivity (Wildman–Crippen MR) is 82.0 cm³/mol. The average molecular weight is 299 g/mol. The van der Waals surface area contributed by atoms with E-state index in [4.69, 9.17) is 10.5 Å². The van der Waals surface area contributed by atoms with Gasteiger partial charge in [0.1, 0.15) is 0 Å². The van der Waals surface area contributed by atoms with E-state index in [1.807, 2.05) is 25.2 Å². The highest BCUT2D eigenvalue weighted by molar-refractivity contribution is 5.86. The van der Waals surface area contributed by atoms with Crippen molar-refractivity contribution in [3.8, 4) is 0 Å². The van der Waals surface area contributed by atoms with Gasteiger partial charge in [0.05, 0.1) is 5.54 Å². The maximum absolute atomic E-state index is 12.4. The Kier molecular flexibility index (Phi) is 6.46. The molecule has 1 amide bonds. The number of benzene rings is 1. The molecule has 0 saturated carbocycles. The quantitative estimate of drug-likeness (QED) is 0.919. The predicted octanol–water partition coefficient (Wildman–Crippen LogP) is 1.62. The Balaban J connectivity index is 0.00000200. The molecule has 2 N–H and O–H groups in total. The zero-order valence-electron chi connectivity index (χ0n) is 11.9. The fourth-order valence-corrected chi connectivity index (χ4v) is 2.37. The van der Waals surface area contributed by atoms with Gasteiger partial charge in [0, 0.05) is 26.8 Å². The Morgan fingerprint density at radius 2 is 1.90 bits per heavy atom. The molecule has 0 atom stereocenters. The topological polar surface area (TPSA) is 55.6 Å². The summed E-state index contributed by atoms with van der Waals surface area (Å²) < 4.78 is 5.27. The highest BCUT2D eigenvalue weighted by atomic mass is 35.5. The summed E-state index contributed by atoms with van der Waals surface area (Å²) in [6.07, 6.45) is 2.08. The van der Waals surface area contributed by atoms with Crippen LogP contribution in [0.15, 0.2) is 30.3 Å². The van der Waals surface area contributed by atoms with Gasteiger partial charge in [-0.05, 0) is 24.8 Å². The van der Waals surface area contributed by atoms with Crippen molar-refractivity contribution in [1.82, 2.24) is 4.90 Å². The van der Waals surface area contributed by atoms with Crippen LogP contribution in [0.2, 0.25) is 0 Å². The Morgan fingerprint density at radius 1 is 1.30 bits per heavy atom. The highest BCUT2D eigenvalue weighted by Crippen LogP contribution is 2.20. The number of hydrogen-bond donors (Lipinski definition) is 1. The molecule has 0 unspecified atom stereocenters.